The summed E-state index contributed by atoms with van der Waals surface area (Å²) in [5.41, 5.74) is 2.50. The molecule has 0 saturated heterocycles. The molecule has 0 N–H and O–H groups in total. The number of hydrogen-bond acceptors (Lipinski definition) is 2. The predicted molar refractivity (Wildman–Crippen MR) is 46.4 cm³/mol. The van der Waals surface area contributed by atoms with Crippen LogP contribution in [-0.4, -0.2) is 24.0 Å². The Hall–Kier alpha value is -0.890. The molecule has 0 fully saturated rings. The van der Waals surface area contributed by atoms with Crippen LogP contribution in [-0.2, 0) is 6.54 Å². The van der Waals surface area contributed by atoms with E-state index in [2.05, 4.69) is 37.0 Å². The molecule has 0 aliphatic rings. The summed E-state index contributed by atoms with van der Waals surface area (Å²) in [6, 6.07) is 2.16. The second-order valence-corrected chi connectivity index (χ2v) is 3.11. The van der Waals surface area contributed by atoms with E-state index in [9.17, 15) is 0 Å². The van der Waals surface area contributed by atoms with Crippen LogP contribution in [0.2, 0.25) is 0 Å². The Bertz CT molecular complexity index is 231. The van der Waals surface area contributed by atoms with Gasteiger partial charge >= 0.3 is 0 Å². The Kier molecular flexibility index (Phi) is 2.60. The second-order valence-electron chi connectivity index (χ2n) is 3.11. The number of nitrogens with zero attached hydrogens (tertiary/aromatic N) is 2. The molecule has 0 spiro atoms. The van der Waals surface area contributed by atoms with Gasteiger partial charge in [0.15, 0.2) is 0 Å². The first kappa shape index (κ1) is 8.21. The molecule has 0 bridgehead atoms. The van der Waals surface area contributed by atoms with Crippen LogP contribution in [0.25, 0.3) is 0 Å². The highest BCUT2D eigenvalue weighted by Crippen LogP contribution is 2.02. The van der Waals surface area contributed by atoms with Crippen molar-refractivity contribution in [2.24, 2.45) is 0 Å². The van der Waals surface area contributed by atoms with E-state index in [0.717, 1.165) is 6.54 Å². The average molecular weight is 150 g/mol. The van der Waals surface area contributed by atoms with E-state index in [1.807, 2.05) is 12.4 Å². The normalized spacial score (nSPS) is 10.5. The Morgan fingerprint density at radius 1 is 1.36 bits per heavy atom. The molecule has 0 unspecified atom stereocenters. The third-order valence-electron chi connectivity index (χ3n) is 1.43. The van der Waals surface area contributed by atoms with E-state index in [1.165, 1.54) is 11.1 Å². The van der Waals surface area contributed by atoms with Crippen molar-refractivity contribution in [3.63, 3.8) is 0 Å². The van der Waals surface area contributed by atoms with Crippen molar-refractivity contribution in [2.45, 2.75) is 13.5 Å². The molecule has 0 saturated carbocycles. The third-order valence-corrected chi connectivity index (χ3v) is 1.43. The summed E-state index contributed by atoms with van der Waals surface area (Å²) in [6.07, 6.45) is 3.78. The van der Waals surface area contributed by atoms with Crippen molar-refractivity contribution in [1.82, 2.24) is 9.88 Å². The first-order valence-corrected chi connectivity index (χ1v) is 3.74. The minimum Gasteiger partial charge on any atom is -0.305 e. The standard InChI is InChI=1S/C9H14N2/c1-8-4-9(6-10-5-8)7-11(2)3/h4-6H,7H2,1-3H3. The molecule has 1 aromatic rings. The topological polar surface area (TPSA) is 16.1 Å². The monoisotopic (exact) mass is 150 g/mol. The smallest absolute Gasteiger partial charge is 0.0313 e. The highest BCUT2D eigenvalue weighted by Gasteiger charge is 1.94. The molecule has 60 valence electrons. The minimum absolute atomic E-state index is 0.967. The van der Waals surface area contributed by atoms with Gasteiger partial charge in [0.05, 0.1) is 0 Å². The highest BCUT2D eigenvalue weighted by molar-refractivity contribution is 5.16. The molecule has 2 heteroatoms. The molecular formula is C9H14N2. The van der Waals surface area contributed by atoms with Gasteiger partial charge in [-0.3, -0.25) is 4.98 Å². The lowest BCUT2D eigenvalue weighted by Gasteiger charge is -2.08. The van der Waals surface area contributed by atoms with Crippen molar-refractivity contribution < 1.29 is 0 Å². The predicted octanol–water partition coefficient (Wildman–Crippen LogP) is 1.45. The molecule has 0 radical (unpaired) electrons. The Morgan fingerprint density at radius 3 is 2.64 bits per heavy atom. The third kappa shape index (κ3) is 2.68. The summed E-state index contributed by atoms with van der Waals surface area (Å²) in [5.74, 6) is 0. The van der Waals surface area contributed by atoms with E-state index in [4.69, 9.17) is 0 Å². The average Bonchev–Trinajstić information content (AvgIpc) is 1.85. The van der Waals surface area contributed by atoms with E-state index >= 15 is 0 Å². The first-order valence-electron chi connectivity index (χ1n) is 3.74. The van der Waals surface area contributed by atoms with Crippen molar-refractivity contribution in [1.29, 1.82) is 0 Å². The molecule has 1 aromatic heterocycles. The van der Waals surface area contributed by atoms with E-state index in [0.29, 0.717) is 0 Å². The highest BCUT2D eigenvalue weighted by atomic mass is 15.0. The van der Waals surface area contributed by atoms with Crippen LogP contribution < -0.4 is 0 Å². The maximum absolute atomic E-state index is 4.11. The summed E-state index contributed by atoms with van der Waals surface area (Å²) in [7, 11) is 4.12. The molecule has 0 amide bonds. The van der Waals surface area contributed by atoms with E-state index < -0.39 is 0 Å². The number of aromatic nitrogens is 1. The Labute approximate surface area is 67.9 Å². The van der Waals surface area contributed by atoms with E-state index in [-0.39, 0.29) is 0 Å². The molecule has 11 heavy (non-hydrogen) atoms. The van der Waals surface area contributed by atoms with E-state index in [1.54, 1.807) is 0 Å². The zero-order chi connectivity index (χ0) is 8.27. The lowest BCUT2D eigenvalue weighted by molar-refractivity contribution is 0.402. The maximum atomic E-state index is 4.11. The van der Waals surface area contributed by atoms with Crippen molar-refractivity contribution in [2.75, 3.05) is 14.1 Å². The van der Waals surface area contributed by atoms with Crippen LogP contribution >= 0.6 is 0 Å². The van der Waals surface area contributed by atoms with Crippen molar-refractivity contribution >= 4 is 0 Å². The van der Waals surface area contributed by atoms with Crippen LogP contribution in [0.15, 0.2) is 18.5 Å². The largest absolute Gasteiger partial charge is 0.305 e. The molecule has 0 atom stereocenters. The lowest BCUT2D eigenvalue weighted by Crippen LogP contribution is -2.10. The fourth-order valence-corrected chi connectivity index (χ4v) is 1.07. The lowest BCUT2D eigenvalue weighted by atomic mass is 10.2. The maximum Gasteiger partial charge on any atom is 0.0313 e. The first-order chi connectivity index (χ1) is 5.18. The van der Waals surface area contributed by atoms with Gasteiger partial charge in [0.2, 0.25) is 0 Å². The fourth-order valence-electron chi connectivity index (χ4n) is 1.07. The minimum atomic E-state index is 0.967. The molecule has 0 aliphatic carbocycles. The fraction of sp³-hybridized carbons (Fsp3) is 0.444. The number of rotatable bonds is 2. The van der Waals surface area contributed by atoms with Gasteiger partial charge in [-0.2, -0.15) is 0 Å². The van der Waals surface area contributed by atoms with Crippen LogP contribution in [0.3, 0.4) is 0 Å². The summed E-state index contributed by atoms with van der Waals surface area (Å²) in [6.45, 7) is 3.03. The van der Waals surface area contributed by atoms with Crippen molar-refractivity contribution in [3.05, 3.63) is 29.6 Å². The zero-order valence-electron chi connectivity index (χ0n) is 7.33. The van der Waals surface area contributed by atoms with Gasteiger partial charge in [0.25, 0.3) is 0 Å². The van der Waals surface area contributed by atoms with Gasteiger partial charge in [0.1, 0.15) is 0 Å². The second kappa shape index (κ2) is 3.49. The van der Waals surface area contributed by atoms with Crippen molar-refractivity contribution in [3.8, 4) is 0 Å². The molecule has 1 heterocycles. The molecule has 1 rings (SSSR count). The number of hydrogen-bond donors (Lipinski definition) is 0. The van der Waals surface area contributed by atoms with Gasteiger partial charge < -0.3 is 4.90 Å². The molecule has 0 aromatic carbocycles. The molecule has 0 aliphatic heterocycles. The zero-order valence-corrected chi connectivity index (χ0v) is 7.33. The summed E-state index contributed by atoms with van der Waals surface area (Å²) >= 11 is 0. The van der Waals surface area contributed by atoms with Gasteiger partial charge in [0, 0.05) is 18.9 Å². The van der Waals surface area contributed by atoms with Gasteiger partial charge in [-0.25, -0.2) is 0 Å². The Balaban J connectivity index is 2.71. The van der Waals surface area contributed by atoms with Gasteiger partial charge in [-0.15, -0.1) is 0 Å². The van der Waals surface area contributed by atoms with Crippen LogP contribution in [0, 0.1) is 6.92 Å². The van der Waals surface area contributed by atoms with Crippen LogP contribution in [0.5, 0.6) is 0 Å². The summed E-state index contributed by atoms with van der Waals surface area (Å²) < 4.78 is 0. The SMILES string of the molecule is Cc1cncc(CN(C)C)c1. The molecule has 2 nitrogen and oxygen atoms in total. The number of pyridine rings is 1. The number of aryl methyl sites for hydroxylation is 1. The van der Waals surface area contributed by atoms with Gasteiger partial charge in [-0.05, 0) is 32.1 Å². The van der Waals surface area contributed by atoms with Crippen LogP contribution in [0.1, 0.15) is 11.1 Å². The van der Waals surface area contributed by atoms with Crippen LogP contribution in [0.4, 0.5) is 0 Å². The molecular weight excluding hydrogens is 136 g/mol. The summed E-state index contributed by atoms with van der Waals surface area (Å²) in [5, 5.41) is 0. The summed E-state index contributed by atoms with van der Waals surface area (Å²) in [4.78, 5) is 6.25. The van der Waals surface area contributed by atoms with Gasteiger partial charge in [-0.1, -0.05) is 6.07 Å². The quantitative estimate of drug-likeness (QED) is 0.634. The Morgan fingerprint density at radius 2 is 2.09 bits per heavy atom.